The van der Waals surface area contributed by atoms with Crippen molar-refractivity contribution in [2.75, 3.05) is 14.2 Å². The Morgan fingerprint density at radius 3 is 2.10 bits per heavy atom. The summed E-state index contributed by atoms with van der Waals surface area (Å²) in [4.78, 5) is 37.8. The van der Waals surface area contributed by atoms with Crippen LogP contribution in [0.1, 0.15) is 52.7 Å². The van der Waals surface area contributed by atoms with Crippen molar-refractivity contribution in [3.8, 4) is 0 Å². The van der Waals surface area contributed by atoms with Crippen LogP contribution in [0.25, 0.3) is 0 Å². The highest BCUT2D eigenvalue weighted by molar-refractivity contribution is 5.81. The van der Waals surface area contributed by atoms with E-state index in [2.05, 4.69) is 5.32 Å². The van der Waals surface area contributed by atoms with Crippen molar-refractivity contribution in [2.24, 2.45) is 0 Å². The van der Waals surface area contributed by atoms with Crippen LogP contribution in [-0.2, 0) is 32.0 Å². The maximum Gasteiger partial charge on any atom is 0.410 e. The van der Waals surface area contributed by atoms with E-state index >= 15 is 0 Å². The molecule has 8 nitrogen and oxygen atoms in total. The molecule has 168 valence electrons. The fraction of sp³-hybridized carbons (Fsp3) is 0.591. The number of rotatable bonds is 6. The highest BCUT2D eigenvalue weighted by Gasteiger charge is 2.31. The quantitative estimate of drug-likeness (QED) is 0.555. The second-order valence-electron chi connectivity index (χ2n) is 9.01. The van der Waals surface area contributed by atoms with Gasteiger partial charge in [0.1, 0.15) is 17.2 Å². The molecule has 0 fully saturated rings. The molecule has 0 aliphatic carbocycles. The number of alkyl carbamates (subject to hydrolysis) is 1. The second-order valence-corrected chi connectivity index (χ2v) is 9.01. The summed E-state index contributed by atoms with van der Waals surface area (Å²) in [7, 11) is 2.78. The van der Waals surface area contributed by atoms with Crippen molar-refractivity contribution >= 4 is 18.2 Å². The summed E-state index contributed by atoms with van der Waals surface area (Å²) >= 11 is 0. The molecule has 0 aliphatic heterocycles. The van der Waals surface area contributed by atoms with Gasteiger partial charge in [0.05, 0.1) is 7.11 Å². The molecule has 1 atom stereocenters. The molecule has 1 aromatic carbocycles. The number of nitrogens with zero attached hydrogens (tertiary/aromatic N) is 1. The van der Waals surface area contributed by atoms with E-state index in [-0.39, 0.29) is 13.0 Å². The van der Waals surface area contributed by atoms with E-state index in [1.807, 2.05) is 24.3 Å². The molecular weight excluding hydrogens is 388 g/mol. The molecule has 1 rings (SSSR count). The number of esters is 1. The normalized spacial score (nSPS) is 12.5. The van der Waals surface area contributed by atoms with Crippen LogP contribution in [0.2, 0.25) is 0 Å². The highest BCUT2D eigenvalue weighted by Crippen LogP contribution is 2.16. The van der Waals surface area contributed by atoms with Crippen molar-refractivity contribution < 1.29 is 28.6 Å². The van der Waals surface area contributed by atoms with E-state index in [4.69, 9.17) is 14.2 Å². The van der Waals surface area contributed by atoms with Crippen LogP contribution >= 0.6 is 0 Å². The predicted octanol–water partition coefficient (Wildman–Crippen LogP) is 3.66. The van der Waals surface area contributed by atoms with Gasteiger partial charge in [-0.2, -0.15) is 0 Å². The predicted molar refractivity (Wildman–Crippen MR) is 113 cm³/mol. The topological polar surface area (TPSA) is 94.2 Å². The summed E-state index contributed by atoms with van der Waals surface area (Å²) in [6.07, 6.45) is -0.881. The number of hydrogen-bond donors (Lipinski definition) is 1. The van der Waals surface area contributed by atoms with E-state index in [0.29, 0.717) is 0 Å². The van der Waals surface area contributed by atoms with Gasteiger partial charge < -0.3 is 19.5 Å². The third-order valence-corrected chi connectivity index (χ3v) is 3.88. The summed E-state index contributed by atoms with van der Waals surface area (Å²) in [6, 6.07) is 6.53. The molecule has 0 heterocycles. The van der Waals surface area contributed by atoms with E-state index in [1.54, 1.807) is 41.5 Å². The van der Waals surface area contributed by atoms with Gasteiger partial charge in [-0.25, -0.2) is 14.4 Å². The molecule has 2 amide bonds. The monoisotopic (exact) mass is 422 g/mol. The highest BCUT2D eigenvalue weighted by atomic mass is 16.6. The third-order valence-electron chi connectivity index (χ3n) is 3.88. The lowest BCUT2D eigenvalue weighted by Crippen LogP contribution is -2.46. The van der Waals surface area contributed by atoms with Gasteiger partial charge in [-0.15, -0.1) is 0 Å². The summed E-state index contributed by atoms with van der Waals surface area (Å²) in [5.41, 5.74) is 0.386. The second kappa shape index (κ2) is 10.3. The number of ether oxygens (including phenoxy) is 3. The number of benzene rings is 1. The van der Waals surface area contributed by atoms with Gasteiger partial charge in [0.2, 0.25) is 0 Å². The van der Waals surface area contributed by atoms with Crippen LogP contribution < -0.4 is 5.32 Å². The van der Waals surface area contributed by atoms with Crippen molar-refractivity contribution in [3.05, 3.63) is 35.4 Å². The van der Waals surface area contributed by atoms with E-state index < -0.39 is 35.4 Å². The zero-order valence-corrected chi connectivity index (χ0v) is 19.2. The van der Waals surface area contributed by atoms with Crippen molar-refractivity contribution in [1.82, 2.24) is 10.2 Å². The zero-order chi connectivity index (χ0) is 23.1. The van der Waals surface area contributed by atoms with E-state index in [9.17, 15) is 14.4 Å². The number of hydrogen-bond acceptors (Lipinski definition) is 6. The van der Waals surface area contributed by atoms with Gasteiger partial charge in [0.25, 0.3) is 0 Å². The molecule has 0 spiro atoms. The minimum Gasteiger partial charge on any atom is -0.467 e. The van der Waals surface area contributed by atoms with Gasteiger partial charge >= 0.3 is 18.2 Å². The molecule has 0 aromatic heterocycles. The molecule has 0 unspecified atom stereocenters. The first-order valence-electron chi connectivity index (χ1n) is 9.80. The lowest BCUT2D eigenvalue weighted by molar-refractivity contribution is -0.146. The molecule has 0 saturated carbocycles. The summed E-state index contributed by atoms with van der Waals surface area (Å²) in [5, 5.41) is 2.70. The first kappa shape index (κ1) is 25.3. The summed E-state index contributed by atoms with van der Waals surface area (Å²) in [6.45, 7) is 10.9. The molecule has 1 aromatic rings. The molecule has 1 N–H and O–H groups in total. The molecule has 0 radical (unpaired) electrons. The zero-order valence-electron chi connectivity index (χ0n) is 19.2. The largest absolute Gasteiger partial charge is 0.467 e. The number of nitrogens with one attached hydrogen (secondary N) is 1. The standard InChI is InChI=1S/C22H34N2O6/c1-21(2,3)29-19(26)23-14-16-11-9-10-15(12-16)13-17(18(25)28-8)24(7)20(27)30-22(4,5)6/h9-12,17H,13-14H2,1-8H3,(H,23,26)/t17-/m1/s1. The lowest BCUT2D eigenvalue weighted by atomic mass is 10.0. The molecule has 30 heavy (non-hydrogen) atoms. The summed E-state index contributed by atoms with van der Waals surface area (Å²) in [5.74, 6) is -0.541. The number of likely N-dealkylation sites (N-methyl/N-ethyl adjacent to an activating group) is 1. The van der Waals surface area contributed by atoms with Crippen LogP contribution in [0.15, 0.2) is 24.3 Å². The molecule has 8 heteroatoms. The Labute approximate surface area is 178 Å². The Hall–Kier alpha value is -2.77. The van der Waals surface area contributed by atoms with Gasteiger partial charge in [0, 0.05) is 20.0 Å². The van der Waals surface area contributed by atoms with Gasteiger partial charge in [-0.05, 0) is 52.7 Å². The minimum absolute atomic E-state index is 0.239. The Kier molecular flexibility index (Phi) is 8.69. The molecule has 0 aliphatic rings. The average molecular weight is 423 g/mol. The van der Waals surface area contributed by atoms with Crippen molar-refractivity contribution in [3.63, 3.8) is 0 Å². The average Bonchev–Trinajstić information content (AvgIpc) is 2.61. The van der Waals surface area contributed by atoms with E-state index in [1.165, 1.54) is 19.1 Å². The fourth-order valence-corrected chi connectivity index (χ4v) is 2.55. The van der Waals surface area contributed by atoms with Gasteiger partial charge in [0.15, 0.2) is 0 Å². The van der Waals surface area contributed by atoms with Gasteiger partial charge in [-0.3, -0.25) is 4.90 Å². The van der Waals surface area contributed by atoms with Crippen molar-refractivity contribution in [1.29, 1.82) is 0 Å². The smallest absolute Gasteiger partial charge is 0.410 e. The maximum atomic E-state index is 12.4. The van der Waals surface area contributed by atoms with Crippen LogP contribution in [-0.4, -0.2) is 54.5 Å². The first-order valence-corrected chi connectivity index (χ1v) is 9.80. The Morgan fingerprint density at radius 1 is 1.00 bits per heavy atom. The number of carbonyl (C=O) groups excluding carboxylic acids is 3. The first-order chi connectivity index (χ1) is 13.7. The van der Waals surface area contributed by atoms with Crippen LogP contribution in [0.5, 0.6) is 0 Å². The Bertz CT molecular complexity index is 749. The Balaban J connectivity index is 2.88. The van der Waals surface area contributed by atoms with Gasteiger partial charge in [-0.1, -0.05) is 24.3 Å². The lowest BCUT2D eigenvalue weighted by Gasteiger charge is -2.29. The number of carbonyl (C=O) groups is 3. The van der Waals surface area contributed by atoms with Crippen LogP contribution in [0, 0.1) is 0 Å². The molecule has 0 bridgehead atoms. The van der Waals surface area contributed by atoms with Crippen molar-refractivity contribution in [2.45, 2.75) is 71.8 Å². The fourth-order valence-electron chi connectivity index (χ4n) is 2.55. The minimum atomic E-state index is -0.848. The molecule has 0 saturated heterocycles. The van der Waals surface area contributed by atoms with E-state index in [0.717, 1.165) is 11.1 Å². The SMILES string of the molecule is COC(=O)[C@@H](Cc1cccc(CNC(=O)OC(C)(C)C)c1)N(C)C(=O)OC(C)(C)C. The van der Waals surface area contributed by atoms with Crippen LogP contribution in [0.4, 0.5) is 9.59 Å². The van der Waals surface area contributed by atoms with Crippen LogP contribution in [0.3, 0.4) is 0 Å². The molecular formula is C22H34N2O6. The summed E-state index contributed by atoms with van der Waals surface area (Å²) < 4.78 is 15.5. The Morgan fingerprint density at radius 2 is 1.57 bits per heavy atom. The maximum absolute atomic E-state index is 12.4. The number of methoxy groups -OCH3 is 1. The number of amides is 2. The third kappa shape index (κ3) is 9.15.